The van der Waals surface area contributed by atoms with E-state index >= 15 is 0 Å². The van der Waals surface area contributed by atoms with Crippen molar-refractivity contribution in [1.82, 2.24) is 5.32 Å². The molecule has 2 fully saturated rings. The van der Waals surface area contributed by atoms with Crippen molar-refractivity contribution in [1.29, 1.82) is 0 Å². The van der Waals surface area contributed by atoms with E-state index in [1.54, 1.807) is 0 Å². The molecular formula is C15H22IN3. The zero-order valence-corrected chi connectivity index (χ0v) is 13.4. The third-order valence-electron chi connectivity index (χ3n) is 4.00. The van der Waals surface area contributed by atoms with E-state index < -0.39 is 0 Å². The third-order valence-corrected chi connectivity index (χ3v) is 4.00. The van der Waals surface area contributed by atoms with E-state index in [2.05, 4.69) is 40.6 Å². The quantitative estimate of drug-likeness (QED) is 0.488. The first-order valence-electron chi connectivity index (χ1n) is 6.97. The lowest BCUT2D eigenvalue weighted by molar-refractivity contribution is 0.625. The van der Waals surface area contributed by atoms with Gasteiger partial charge in [0, 0.05) is 12.0 Å². The maximum Gasteiger partial charge on any atom is 0.189 e. The fourth-order valence-electron chi connectivity index (χ4n) is 2.88. The fraction of sp³-hybridized carbons (Fsp3) is 0.533. The summed E-state index contributed by atoms with van der Waals surface area (Å²) in [6.07, 6.45) is 6.26. The van der Waals surface area contributed by atoms with Gasteiger partial charge in [-0.15, -0.1) is 24.0 Å². The lowest BCUT2D eigenvalue weighted by Gasteiger charge is -2.12. The molecule has 2 saturated carbocycles. The molecule has 0 heterocycles. The van der Waals surface area contributed by atoms with E-state index in [4.69, 9.17) is 5.73 Å². The van der Waals surface area contributed by atoms with E-state index in [-0.39, 0.29) is 24.0 Å². The molecule has 0 spiro atoms. The molecule has 3 rings (SSSR count). The first kappa shape index (κ1) is 14.6. The fourth-order valence-corrected chi connectivity index (χ4v) is 2.88. The molecule has 2 aliphatic carbocycles. The normalized spacial score (nSPS) is 26.8. The molecule has 2 atom stereocenters. The van der Waals surface area contributed by atoms with Crippen LogP contribution in [0.2, 0.25) is 0 Å². The van der Waals surface area contributed by atoms with Crippen molar-refractivity contribution >= 4 is 29.9 Å². The first-order valence-corrected chi connectivity index (χ1v) is 6.97. The average molecular weight is 371 g/mol. The Morgan fingerprint density at radius 1 is 1.16 bits per heavy atom. The smallest absolute Gasteiger partial charge is 0.189 e. The van der Waals surface area contributed by atoms with E-state index in [1.165, 1.54) is 31.2 Å². The summed E-state index contributed by atoms with van der Waals surface area (Å²) in [7, 11) is 0. The average Bonchev–Trinajstić information content (AvgIpc) is 2.95. The number of hydrogen-bond donors (Lipinski definition) is 2. The highest BCUT2D eigenvalue weighted by molar-refractivity contribution is 14.0. The van der Waals surface area contributed by atoms with Crippen molar-refractivity contribution in [2.75, 3.05) is 0 Å². The van der Waals surface area contributed by atoms with Crippen LogP contribution in [0.5, 0.6) is 0 Å². The van der Waals surface area contributed by atoms with Gasteiger partial charge in [0.05, 0.1) is 6.04 Å². The second-order valence-electron chi connectivity index (χ2n) is 5.46. The van der Waals surface area contributed by atoms with Gasteiger partial charge in [-0.3, -0.25) is 0 Å². The van der Waals surface area contributed by atoms with Crippen LogP contribution in [0.3, 0.4) is 0 Å². The molecule has 19 heavy (non-hydrogen) atoms. The van der Waals surface area contributed by atoms with Crippen LogP contribution in [0.25, 0.3) is 0 Å². The molecule has 0 bridgehead atoms. The summed E-state index contributed by atoms with van der Waals surface area (Å²) in [5.74, 6) is 1.22. The van der Waals surface area contributed by atoms with Crippen LogP contribution in [-0.2, 0) is 0 Å². The first-order chi connectivity index (χ1) is 8.83. The second kappa shape index (κ2) is 6.59. The molecule has 1 aromatic rings. The summed E-state index contributed by atoms with van der Waals surface area (Å²) in [5, 5.41) is 3.35. The van der Waals surface area contributed by atoms with Crippen molar-refractivity contribution < 1.29 is 0 Å². The maximum atomic E-state index is 5.97. The van der Waals surface area contributed by atoms with Gasteiger partial charge in [-0.1, -0.05) is 43.2 Å². The number of hydrogen-bond acceptors (Lipinski definition) is 1. The van der Waals surface area contributed by atoms with Crippen LogP contribution in [-0.4, -0.2) is 18.0 Å². The van der Waals surface area contributed by atoms with Crippen LogP contribution in [0.4, 0.5) is 0 Å². The van der Waals surface area contributed by atoms with E-state index in [1.807, 2.05) is 0 Å². The summed E-state index contributed by atoms with van der Waals surface area (Å²) in [6.45, 7) is 0. The van der Waals surface area contributed by atoms with Gasteiger partial charge < -0.3 is 11.1 Å². The number of guanidine groups is 1. The van der Waals surface area contributed by atoms with Gasteiger partial charge in [-0.25, -0.2) is 4.99 Å². The van der Waals surface area contributed by atoms with Gasteiger partial charge in [0.25, 0.3) is 0 Å². The summed E-state index contributed by atoms with van der Waals surface area (Å²) >= 11 is 0. The van der Waals surface area contributed by atoms with Crippen molar-refractivity contribution in [2.24, 2.45) is 10.7 Å². The van der Waals surface area contributed by atoms with Crippen molar-refractivity contribution in [3.8, 4) is 0 Å². The highest BCUT2D eigenvalue weighted by Gasteiger charge is 2.38. The second-order valence-corrected chi connectivity index (χ2v) is 5.46. The zero-order chi connectivity index (χ0) is 12.4. The lowest BCUT2D eigenvalue weighted by atomic mass is 10.1. The Morgan fingerprint density at radius 3 is 2.53 bits per heavy atom. The van der Waals surface area contributed by atoms with Crippen LogP contribution < -0.4 is 11.1 Å². The summed E-state index contributed by atoms with van der Waals surface area (Å²) in [4.78, 5) is 4.59. The SMILES string of the molecule is I.NC(=NC1CC1c1ccccc1)NC1CCCC1. The Kier molecular flexibility index (Phi) is 5.07. The van der Waals surface area contributed by atoms with Crippen LogP contribution in [0, 0.1) is 0 Å². The van der Waals surface area contributed by atoms with Gasteiger partial charge in [0.2, 0.25) is 0 Å². The number of benzene rings is 1. The van der Waals surface area contributed by atoms with Crippen molar-refractivity contribution in [2.45, 2.75) is 50.1 Å². The number of rotatable bonds is 3. The number of nitrogens with zero attached hydrogens (tertiary/aromatic N) is 1. The highest BCUT2D eigenvalue weighted by Crippen LogP contribution is 2.43. The lowest BCUT2D eigenvalue weighted by Crippen LogP contribution is -2.38. The van der Waals surface area contributed by atoms with Gasteiger partial charge in [-0.05, 0) is 24.8 Å². The molecule has 3 nitrogen and oxygen atoms in total. The molecule has 2 unspecified atom stereocenters. The molecule has 0 aliphatic heterocycles. The molecule has 3 N–H and O–H groups in total. The van der Waals surface area contributed by atoms with Crippen LogP contribution in [0.1, 0.15) is 43.6 Å². The molecular weight excluding hydrogens is 349 g/mol. The Balaban J connectivity index is 0.00000133. The van der Waals surface area contributed by atoms with Crippen LogP contribution >= 0.6 is 24.0 Å². The maximum absolute atomic E-state index is 5.97. The molecule has 0 aromatic heterocycles. The van der Waals surface area contributed by atoms with Crippen molar-refractivity contribution in [3.05, 3.63) is 35.9 Å². The Morgan fingerprint density at radius 2 is 1.84 bits per heavy atom. The van der Waals surface area contributed by atoms with Gasteiger partial charge in [0.15, 0.2) is 5.96 Å². The van der Waals surface area contributed by atoms with Gasteiger partial charge >= 0.3 is 0 Å². The standard InChI is InChI=1S/C15H21N3.HI/c16-15(17-12-8-4-5-9-12)18-14-10-13(14)11-6-2-1-3-7-11;/h1-3,6-7,12-14H,4-5,8-10H2,(H3,16,17,18);1H. The van der Waals surface area contributed by atoms with Crippen LogP contribution in [0.15, 0.2) is 35.3 Å². The number of aliphatic imine (C=N–C) groups is 1. The predicted octanol–water partition coefficient (Wildman–Crippen LogP) is 3.01. The number of nitrogens with one attached hydrogen (secondary N) is 1. The third kappa shape index (κ3) is 3.84. The minimum absolute atomic E-state index is 0. The van der Waals surface area contributed by atoms with E-state index in [9.17, 15) is 0 Å². The number of nitrogens with two attached hydrogens (primary N) is 1. The molecule has 104 valence electrons. The molecule has 2 aliphatic rings. The molecule has 4 heteroatoms. The largest absolute Gasteiger partial charge is 0.370 e. The minimum Gasteiger partial charge on any atom is -0.370 e. The summed E-state index contributed by atoms with van der Waals surface area (Å²) in [6, 6.07) is 11.6. The topological polar surface area (TPSA) is 50.4 Å². The monoisotopic (exact) mass is 371 g/mol. The molecule has 1 aromatic carbocycles. The summed E-state index contributed by atoms with van der Waals surface area (Å²) < 4.78 is 0. The number of halogens is 1. The molecule has 0 saturated heterocycles. The highest BCUT2D eigenvalue weighted by atomic mass is 127. The molecule has 0 radical (unpaired) electrons. The molecule has 0 amide bonds. The van der Waals surface area contributed by atoms with Gasteiger partial charge in [-0.2, -0.15) is 0 Å². The predicted molar refractivity (Wildman–Crippen MR) is 90.0 cm³/mol. The van der Waals surface area contributed by atoms with E-state index in [0.29, 0.717) is 24.0 Å². The van der Waals surface area contributed by atoms with E-state index in [0.717, 1.165) is 6.42 Å². The minimum atomic E-state index is 0. The van der Waals surface area contributed by atoms with Gasteiger partial charge in [0.1, 0.15) is 0 Å². The summed E-state index contributed by atoms with van der Waals surface area (Å²) in [5.41, 5.74) is 7.36. The zero-order valence-electron chi connectivity index (χ0n) is 11.1. The Bertz CT molecular complexity index is 426. The van der Waals surface area contributed by atoms with Crippen molar-refractivity contribution in [3.63, 3.8) is 0 Å². The Labute approximate surface area is 132 Å². The Hall–Kier alpha value is -0.780.